The van der Waals surface area contributed by atoms with Gasteiger partial charge in [0.1, 0.15) is 22.5 Å². The summed E-state index contributed by atoms with van der Waals surface area (Å²) in [6, 6.07) is 11.3. The molecule has 0 saturated carbocycles. The summed E-state index contributed by atoms with van der Waals surface area (Å²) in [5, 5.41) is 22.2. The standard InChI is InChI=1S/C23H23BrClN7O3S/c1-2-35-20-10-8-16(12-17(20)24)31-36(33,34)21-13-15(7-9-18(21)25)27-28-19(14-26)23-30-29-22-6-4-3-5-11-32(22)23/h7-10,12-13,27,31H,2-6,11H2,1H3/b28-19+. The van der Waals surface area contributed by atoms with Crippen LogP contribution >= 0.6 is 27.5 Å². The molecule has 0 atom stereocenters. The Hall–Kier alpha value is -3.14. The van der Waals surface area contributed by atoms with Gasteiger partial charge < -0.3 is 9.30 Å². The molecule has 0 spiro atoms. The largest absolute Gasteiger partial charge is 0.493 e. The zero-order valence-electron chi connectivity index (χ0n) is 19.3. The number of hydrogen-bond acceptors (Lipinski definition) is 8. The summed E-state index contributed by atoms with van der Waals surface area (Å²) in [7, 11) is -4.04. The van der Waals surface area contributed by atoms with E-state index in [9.17, 15) is 13.7 Å². The van der Waals surface area contributed by atoms with Gasteiger partial charge in [-0.25, -0.2) is 8.42 Å². The van der Waals surface area contributed by atoms with Crippen molar-refractivity contribution in [2.75, 3.05) is 16.8 Å². The first-order chi connectivity index (χ1) is 17.3. The quantitative estimate of drug-likeness (QED) is 0.279. The van der Waals surface area contributed by atoms with Gasteiger partial charge >= 0.3 is 0 Å². The van der Waals surface area contributed by atoms with Crippen LogP contribution in [0.15, 0.2) is 50.9 Å². The number of anilines is 2. The summed E-state index contributed by atoms with van der Waals surface area (Å²) >= 11 is 9.60. The van der Waals surface area contributed by atoms with Crippen molar-refractivity contribution in [2.24, 2.45) is 5.10 Å². The first-order valence-electron chi connectivity index (χ1n) is 11.2. The SMILES string of the molecule is CCOc1ccc(NS(=O)(=O)c2cc(N/N=C(\C#N)c3nnc4n3CCCCC4)ccc2Cl)cc1Br. The number of aryl methyl sites for hydroxylation is 1. The fourth-order valence-corrected chi connectivity index (χ4v) is 5.80. The zero-order chi connectivity index (χ0) is 25.7. The lowest BCUT2D eigenvalue weighted by Gasteiger charge is -2.13. The Morgan fingerprint density at radius 3 is 2.78 bits per heavy atom. The summed E-state index contributed by atoms with van der Waals surface area (Å²) in [5.41, 5.74) is 3.46. The molecule has 10 nitrogen and oxygen atoms in total. The van der Waals surface area contributed by atoms with E-state index in [1.807, 2.05) is 17.6 Å². The average Bonchev–Trinajstić information content (AvgIpc) is 3.09. The second-order valence-electron chi connectivity index (χ2n) is 7.92. The van der Waals surface area contributed by atoms with Crippen molar-refractivity contribution in [1.29, 1.82) is 5.26 Å². The van der Waals surface area contributed by atoms with Gasteiger partial charge in [-0.1, -0.05) is 18.0 Å². The molecule has 4 rings (SSSR count). The van der Waals surface area contributed by atoms with Gasteiger partial charge in [0.2, 0.25) is 5.71 Å². The maximum Gasteiger partial charge on any atom is 0.263 e. The van der Waals surface area contributed by atoms with Crippen LogP contribution in [0.1, 0.15) is 37.8 Å². The van der Waals surface area contributed by atoms with Crippen LogP contribution in [-0.4, -0.2) is 35.5 Å². The molecule has 2 heterocycles. The van der Waals surface area contributed by atoms with Gasteiger partial charge in [-0.15, -0.1) is 10.2 Å². The maximum atomic E-state index is 13.1. The molecule has 1 aliphatic rings. The molecule has 13 heteroatoms. The molecule has 3 aromatic rings. The predicted octanol–water partition coefficient (Wildman–Crippen LogP) is 4.96. The number of hydrogen-bond donors (Lipinski definition) is 2. The van der Waals surface area contributed by atoms with Crippen LogP contribution in [0, 0.1) is 11.3 Å². The minimum absolute atomic E-state index is 0.0327. The number of nitrogens with zero attached hydrogens (tertiary/aromatic N) is 5. The van der Waals surface area contributed by atoms with E-state index in [2.05, 4.69) is 41.4 Å². The van der Waals surface area contributed by atoms with Gasteiger partial charge in [0.15, 0.2) is 5.82 Å². The number of sulfonamides is 1. The second-order valence-corrected chi connectivity index (χ2v) is 10.8. The van der Waals surface area contributed by atoms with Crippen LogP contribution in [0.4, 0.5) is 11.4 Å². The number of ether oxygens (including phenoxy) is 1. The predicted molar refractivity (Wildman–Crippen MR) is 141 cm³/mol. The number of nitrogens with one attached hydrogen (secondary N) is 2. The van der Waals surface area contributed by atoms with Crippen LogP contribution in [0.5, 0.6) is 5.75 Å². The zero-order valence-corrected chi connectivity index (χ0v) is 22.5. The Morgan fingerprint density at radius 2 is 2.03 bits per heavy atom. The molecule has 36 heavy (non-hydrogen) atoms. The minimum Gasteiger partial charge on any atom is -0.493 e. The lowest BCUT2D eigenvalue weighted by Crippen LogP contribution is -2.14. The van der Waals surface area contributed by atoms with E-state index in [0.29, 0.717) is 34.0 Å². The lowest BCUT2D eigenvalue weighted by atomic mass is 10.2. The molecule has 0 saturated heterocycles. The number of nitriles is 1. The molecule has 0 radical (unpaired) electrons. The summed E-state index contributed by atoms with van der Waals surface area (Å²) in [4.78, 5) is -0.149. The molecule has 2 N–H and O–H groups in total. The van der Waals surface area contributed by atoms with Crippen molar-refractivity contribution in [3.63, 3.8) is 0 Å². The summed E-state index contributed by atoms with van der Waals surface area (Å²) in [5.74, 6) is 1.81. The number of hydrazone groups is 1. The fraction of sp³-hybridized carbons (Fsp3) is 0.304. The summed E-state index contributed by atoms with van der Waals surface area (Å²) < 4.78 is 36.7. The summed E-state index contributed by atoms with van der Waals surface area (Å²) in [6.07, 6.45) is 3.89. The highest BCUT2D eigenvalue weighted by Crippen LogP contribution is 2.31. The molecule has 0 amide bonds. The van der Waals surface area contributed by atoms with Crippen molar-refractivity contribution in [1.82, 2.24) is 14.8 Å². The van der Waals surface area contributed by atoms with Crippen LogP contribution in [-0.2, 0) is 23.0 Å². The number of fused-ring (bicyclic) bond motifs is 1. The molecular weight excluding hydrogens is 570 g/mol. The number of aromatic nitrogens is 3. The monoisotopic (exact) mass is 591 g/mol. The van der Waals surface area contributed by atoms with E-state index in [1.54, 1.807) is 24.3 Å². The van der Waals surface area contributed by atoms with Crippen LogP contribution in [0.25, 0.3) is 0 Å². The molecule has 1 aliphatic heterocycles. The molecule has 0 unspecified atom stereocenters. The second kappa shape index (κ2) is 11.3. The third-order valence-corrected chi connectivity index (χ3v) is 7.91. The van der Waals surface area contributed by atoms with Gasteiger partial charge in [0.25, 0.3) is 10.0 Å². The Kier molecular flexibility index (Phi) is 8.13. The Morgan fingerprint density at radius 1 is 1.22 bits per heavy atom. The third-order valence-electron chi connectivity index (χ3n) is 5.43. The summed E-state index contributed by atoms with van der Waals surface area (Å²) in [6.45, 7) is 3.06. The number of halogens is 2. The molecule has 0 bridgehead atoms. The smallest absolute Gasteiger partial charge is 0.263 e. The molecule has 188 valence electrons. The average molecular weight is 593 g/mol. The topological polar surface area (TPSA) is 134 Å². The minimum atomic E-state index is -4.04. The van der Waals surface area contributed by atoms with Gasteiger partial charge in [-0.2, -0.15) is 10.4 Å². The van der Waals surface area contributed by atoms with Gasteiger partial charge in [0, 0.05) is 13.0 Å². The third kappa shape index (κ3) is 5.80. The highest BCUT2D eigenvalue weighted by atomic mass is 79.9. The number of benzene rings is 2. The van der Waals surface area contributed by atoms with E-state index >= 15 is 0 Å². The lowest BCUT2D eigenvalue weighted by molar-refractivity contribution is 0.338. The first-order valence-corrected chi connectivity index (χ1v) is 13.9. The van der Waals surface area contributed by atoms with E-state index in [4.69, 9.17) is 16.3 Å². The highest BCUT2D eigenvalue weighted by Gasteiger charge is 2.21. The van der Waals surface area contributed by atoms with E-state index in [1.165, 1.54) is 12.1 Å². The van der Waals surface area contributed by atoms with Crippen molar-refractivity contribution < 1.29 is 13.2 Å². The van der Waals surface area contributed by atoms with E-state index in [-0.39, 0.29) is 15.6 Å². The Balaban J connectivity index is 1.57. The van der Waals surface area contributed by atoms with Crippen LogP contribution in [0.2, 0.25) is 5.02 Å². The number of rotatable bonds is 8. The highest BCUT2D eigenvalue weighted by molar-refractivity contribution is 9.10. The van der Waals surface area contributed by atoms with Gasteiger partial charge in [0.05, 0.1) is 27.5 Å². The van der Waals surface area contributed by atoms with Crippen molar-refractivity contribution in [3.05, 3.63) is 57.5 Å². The first kappa shape index (κ1) is 25.9. The maximum absolute atomic E-state index is 13.1. The van der Waals surface area contributed by atoms with Crippen LogP contribution in [0.3, 0.4) is 0 Å². The van der Waals surface area contributed by atoms with Crippen molar-refractivity contribution in [2.45, 2.75) is 44.0 Å². The van der Waals surface area contributed by atoms with Crippen molar-refractivity contribution in [3.8, 4) is 11.8 Å². The van der Waals surface area contributed by atoms with Crippen molar-refractivity contribution >= 4 is 54.6 Å². The molecule has 0 aliphatic carbocycles. The fourth-order valence-electron chi connectivity index (χ4n) is 3.73. The Labute approximate surface area is 222 Å². The van der Waals surface area contributed by atoms with Gasteiger partial charge in [-0.05, 0) is 72.1 Å². The normalized spacial score (nSPS) is 13.9. The van der Waals surface area contributed by atoms with Crippen LogP contribution < -0.4 is 14.9 Å². The van der Waals surface area contributed by atoms with Gasteiger partial charge in [-0.3, -0.25) is 10.1 Å². The molecule has 1 aromatic heterocycles. The van der Waals surface area contributed by atoms with E-state index in [0.717, 1.165) is 38.1 Å². The molecular formula is C23H23BrClN7O3S. The van der Waals surface area contributed by atoms with E-state index < -0.39 is 10.0 Å². The molecule has 0 fully saturated rings. The Bertz CT molecular complexity index is 1450. The molecule has 2 aromatic carbocycles.